The standard InChI is InChI=1S/C18H17FN2O4S/c1-26(24,25)14-4-2-3-12(9-14)18(23)20-13-7-8-15(19)16(10-13)21-17(22)11-5-6-11/h2-4,7-11H,5-6H2,1H3,(H,20,23)(H,21,22). The van der Waals surface area contributed by atoms with Crippen molar-refractivity contribution in [2.45, 2.75) is 17.7 Å². The Morgan fingerprint density at radius 3 is 2.46 bits per heavy atom. The Bertz CT molecular complexity index is 984. The Morgan fingerprint density at radius 1 is 1.08 bits per heavy atom. The van der Waals surface area contributed by atoms with Gasteiger partial charge in [0.25, 0.3) is 5.91 Å². The highest BCUT2D eigenvalue weighted by Crippen LogP contribution is 2.31. The van der Waals surface area contributed by atoms with Gasteiger partial charge in [-0.2, -0.15) is 0 Å². The number of sulfone groups is 1. The van der Waals surface area contributed by atoms with E-state index in [0.29, 0.717) is 0 Å². The summed E-state index contributed by atoms with van der Waals surface area (Å²) in [7, 11) is -3.44. The SMILES string of the molecule is CS(=O)(=O)c1cccc(C(=O)Nc2ccc(F)c(NC(=O)C3CC3)c2)c1. The quantitative estimate of drug-likeness (QED) is 0.839. The lowest BCUT2D eigenvalue weighted by Crippen LogP contribution is -2.16. The normalized spacial score (nSPS) is 13.9. The van der Waals surface area contributed by atoms with E-state index in [-0.39, 0.29) is 33.7 Å². The van der Waals surface area contributed by atoms with Gasteiger partial charge in [0.2, 0.25) is 5.91 Å². The first-order valence-corrected chi connectivity index (χ1v) is 9.85. The van der Waals surface area contributed by atoms with Crippen molar-refractivity contribution in [1.82, 2.24) is 0 Å². The number of anilines is 2. The highest BCUT2D eigenvalue weighted by molar-refractivity contribution is 7.90. The van der Waals surface area contributed by atoms with Gasteiger partial charge in [-0.3, -0.25) is 9.59 Å². The van der Waals surface area contributed by atoms with Gasteiger partial charge in [0.15, 0.2) is 9.84 Å². The molecule has 0 radical (unpaired) electrons. The van der Waals surface area contributed by atoms with Crippen LogP contribution in [0.25, 0.3) is 0 Å². The highest BCUT2D eigenvalue weighted by Gasteiger charge is 2.30. The van der Waals surface area contributed by atoms with E-state index in [2.05, 4.69) is 10.6 Å². The Hall–Kier alpha value is -2.74. The number of rotatable bonds is 5. The van der Waals surface area contributed by atoms with E-state index < -0.39 is 21.6 Å². The first kappa shape index (κ1) is 18.1. The second-order valence-corrected chi connectivity index (χ2v) is 8.23. The fraction of sp³-hybridized carbons (Fsp3) is 0.222. The van der Waals surface area contributed by atoms with Crippen LogP contribution in [-0.2, 0) is 14.6 Å². The van der Waals surface area contributed by atoms with Crippen molar-refractivity contribution in [1.29, 1.82) is 0 Å². The van der Waals surface area contributed by atoms with Gasteiger partial charge in [-0.05, 0) is 49.2 Å². The van der Waals surface area contributed by atoms with Gasteiger partial charge in [-0.15, -0.1) is 0 Å². The fourth-order valence-corrected chi connectivity index (χ4v) is 3.02. The maximum Gasteiger partial charge on any atom is 0.255 e. The molecule has 2 N–H and O–H groups in total. The third-order valence-electron chi connectivity index (χ3n) is 3.95. The minimum Gasteiger partial charge on any atom is -0.323 e. The Kier molecular flexibility index (Phi) is 4.78. The Labute approximate surface area is 150 Å². The summed E-state index contributed by atoms with van der Waals surface area (Å²) in [5.74, 6) is -1.46. The summed E-state index contributed by atoms with van der Waals surface area (Å²) < 4.78 is 37.1. The smallest absolute Gasteiger partial charge is 0.255 e. The molecule has 1 aliphatic carbocycles. The van der Waals surface area contributed by atoms with E-state index in [0.717, 1.165) is 25.2 Å². The third kappa shape index (κ3) is 4.26. The van der Waals surface area contributed by atoms with Crippen LogP contribution in [-0.4, -0.2) is 26.5 Å². The average molecular weight is 376 g/mol. The van der Waals surface area contributed by atoms with E-state index >= 15 is 0 Å². The summed E-state index contributed by atoms with van der Waals surface area (Å²) in [6.07, 6.45) is 2.64. The Balaban J connectivity index is 1.78. The minimum absolute atomic E-state index is 0.00964. The summed E-state index contributed by atoms with van der Waals surface area (Å²) in [6, 6.07) is 9.44. The summed E-state index contributed by atoms with van der Waals surface area (Å²) >= 11 is 0. The maximum absolute atomic E-state index is 13.9. The molecule has 2 aromatic carbocycles. The van der Waals surface area contributed by atoms with Gasteiger partial charge >= 0.3 is 0 Å². The highest BCUT2D eigenvalue weighted by atomic mass is 32.2. The molecule has 2 aromatic rings. The first-order chi connectivity index (χ1) is 12.2. The molecule has 0 aromatic heterocycles. The van der Waals surface area contributed by atoms with Crippen LogP contribution in [0.2, 0.25) is 0 Å². The number of hydrogen-bond acceptors (Lipinski definition) is 4. The number of hydrogen-bond donors (Lipinski definition) is 2. The molecular formula is C18H17FN2O4S. The minimum atomic E-state index is -3.44. The molecule has 0 atom stereocenters. The van der Waals surface area contributed by atoms with Crippen LogP contribution in [0.5, 0.6) is 0 Å². The lowest BCUT2D eigenvalue weighted by molar-refractivity contribution is -0.117. The van der Waals surface area contributed by atoms with Crippen molar-refractivity contribution in [3.8, 4) is 0 Å². The van der Waals surface area contributed by atoms with Crippen LogP contribution in [0.1, 0.15) is 23.2 Å². The number of carbonyl (C=O) groups is 2. The monoisotopic (exact) mass is 376 g/mol. The second kappa shape index (κ2) is 6.87. The van der Waals surface area contributed by atoms with Gasteiger partial charge < -0.3 is 10.6 Å². The zero-order valence-electron chi connectivity index (χ0n) is 14.0. The van der Waals surface area contributed by atoms with Crippen LogP contribution in [0, 0.1) is 11.7 Å². The summed E-state index contributed by atoms with van der Waals surface area (Å²) in [5, 5.41) is 5.08. The molecular weight excluding hydrogens is 359 g/mol. The zero-order chi connectivity index (χ0) is 18.9. The molecule has 1 fully saturated rings. The molecule has 1 aliphatic rings. The number of halogens is 1. The molecule has 1 saturated carbocycles. The van der Waals surface area contributed by atoms with Crippen molar-refractivity contribution in [3.05, 3.63) is 53.8 Å². The molecule has 0 bridgehead atoms. The van der Waals surface area contributed by atoms with Crippen LogP contribution in [0.15, 0.2) is 47.4 Å². The number of carbonyl (C=O) groups excluding carboxylic acids is 2. The summed E-state index contributed by atoms with van der Waals surface area (Å²) in [6.45, 7) is 0. The van der Waals surface area contributed by atoms with Crippen LogP contribution < -0.4 is 10.6 Å². The van der Waals surface area contributed by atoms with E-state index in [4.69, 9.17) is 0 Å². The van der Waals surface area contributed by atoms with Gasteiger partial charge in [-0.1, -0.05) is 6.07 Å². The van der Waals surface area contributed by atoms with Crippen molar-refractivity contribution in [2.24, 2.45) is 5.92 Å². The molecule has 0 unspecified atom stereocenters. The molecule has 26 heavy (non-hydrogen) atoms. The molecule has 0 saturated heterocycles. The van der Waals surface area contributed by atoms with Crippen LogP contribution >= 0.6 is 0 Å². The predicted molar refractivity (Wildman–Crippen MR) is 95.3 cm³/mol. The molecule has 3 rings (SSSR count). The van der Waals surface area contributed by atoms with E-state index in [1.165, 1.54) is 36.4 Å². The first-order valence-electron chi connectivity index (χ1n) is 7.96. The van der Waals surface area contributed by atoms with Crippen LogP contribution in [0.3, 0.4) is 0 Å². The number of amides is 2. The second-order valence-electron chi connectivity index (χ2n) is 6.21. The van der Waals surface area contributed by atoms with Crippen LogP contribution in [0.4, 0.5) is 15.8 Å². The van der Waals surface area contributed by atoms with E-state index in [1.807, 2.05) is 0 Å². The Morgan fingerprint density at radius 2 is 1.81 bits per heavy atom. The zero-order valence-corrected chi connectivity index (χ0v) is 14.8. The fourth-order valence-electron chi connectivity index (χ4n) is 2.35. The summed E-state index contributed by atoms with van der Waals surface area (Å²) in [4.78, 5) is 24.2. The lowest BCUT2D eigenvalue weighted by Gasteiger charge is -2.10. The maximum atomic E-state index is 13.9. The van der Waals surface area contributed by atoms with E-state index in [9.17, 15) is 22.4 Å². The summed E-state index contributed by atoms with van der Waals surface area (Å²) in [5.41, 5.74) is 0.428. The van der Waals surface area contributed by atoms with Gasteiger partial charge in [0.1, 0.15) is 5.82 Å². The molecule has 6 nitrogen and oxygen atoms in total. The molecule has 0 aliphatic heterocycles. The third-order valence-corrected chi connectivity index (χ3v) is 5.06. The lowest BCUT2D eigenvalue weighted by atomic mass is 10.2. The average Bonchev–Trinajstić information content (AvgIpc) is 3.42. The topological polar surface area (TPSA) is 92.3 Å². The van der Waals surface area contributed by atoms with Gasteiger partial charge in [0, 0.05) is 23.4 Å². The van der Waals surface area contributed by atoms with Crippen molar-refractivity contribution >= 4 is 33.0 Å². The number of benzene rings is 2. The van der Waals surface area contributed by atoms with Gasteiger partial charge in [0.05, 0.1) is 10.6 Å². The molecule has 136 valence electrons. The molecule has 8 heteroatoms. The molecule has 0 spiro atoms. The van der Waals surface area contributed by atoms with E-state index in [1.54, 1.807) is 0 Å². The van der Waals surface area contributed by atoms with Crippen molar-refractivity contribution in [2.75, 3.05) is 16.9 Å². The van der Waals surface area contributed by atoms with Crippen molar-refractivity contribution in [3.63, 3.8) is 0 Å². The largest absolute Gasteiger partial charge is 0.323 e. The molecule has 0 heterocycles. The van der Waals surface area contributed by atoms with Gasteiger partial charge in [-0.25, -0.2) is 12.8 Å². The predicted octanol–water partition coefficient (Wildman–Crippen LogP) is 2.83. The molecule has 2 amide bonds. The number of nitrogens with one attached hydrogen (secondary N) is 2. The van der Waals surface area contributed by atoms with Crippen molar-refractivity contribution < 1.29 is 22.4 Å².